The number of benzene rings is 1. The van der Waals surface area contributed by atoms with Gasteiger partial charge in [-0.15, -0.1) is 13.2 Å². The minimum atomic E-state index is -4.65. The van der Waals surface area contributed by atoms with E-state index >= 15 is 0 Å². The second-order valence-corrected chi connectivity index (χ2v) is 3.57. The molecule has 0 unspecified atom stereocenters. The highest BCUT2D eigenvalue weighted by atomic mass is 19.4. The second kappa shape index (κ2) is 7.23. The van der Waals surface area contributed by atoms with E-state index in [4.69, 9.17) is 4.74 Å². The number of halogens is 3. The van der Waals surface area contributed by atoms with E-state index in [0.717, 1.165) is 5.56 Å². The maximum absolute atomic E-state index is 12.0. The zero-order valence-electron chi connectivity index (χ0n) is 10.1. The summed E-state index contributed by atoms with van der Waals surface area (Å²) in [5.74, 6) is -0.202. The van der Waals surface area contributed by atoms with Crippen LogP contribution in [0.4, 0.5) is 13.2 Å². The smallest absolute Gasteiger partial charge is 0.406 e. The molecule has 102 valence electrons. The molecule has 1 aromatic carbocycles. The van der Waals surface area contributed by atoms with Gasteiger partial charge in [0.25, 0.3) is 0 Å². The summed E-state index contributed by atoms with van der Waals surface area (Å²) in [6.45, 7) is 4.25. The molecule has 0 saturated heterocycles. The second-order valence-electron chi connectivity index (χ2n) is 3.57. The normalized spacial score (nSPS) is 11.6. The first-order valence-corrected chi connectivity index (χ1v) is 5.64. The molecule has 0 fully saturated rings. The summed E-state index contributed by atoms with van der Waals surface area (Å²) in [6.07, 6.45) is -4.65. The topological polar surface area (TPSA) is 30.5 Å². The summed E-state index contributed by atoms with van der Waals surface area (Å²) >= 11 is 0. The minimum Gasteiger partial charge on any atom is -0.406 e. The molecule has 0 bridgehead atoms. The third kappa shape index (κ3) is 6.46. The molecule has 0 heterocycles. The molecule has 0 aromatic heterocycles. The van der Waals surface area contributed by atoms with Gasteiger partial charge in [0.1, 0.15) is 5.75 Å². The van der Waals surface area contributed by atoms with Crippen LogP contribution in [0.1, 0.15) is 12.5 Å². The van der Waals surface area contributed by atoms with Gasteiger partial charge in [-0.05, 0) is 24.6 Å². The lowest BCUT2D eigenvalue weighted by Gasteiger charge is -2.10. The van der Waals surface area contributed by atoms with Crippen LogP contribution in [-0.2, 0) is 11.3 Å². The number of ether oxygens (including phenoxy) is 2. The Labute approximate surface area is 104 Å². The predicted molar refractivity (Wildman–Crippen MR) is 61.3 cm³/mol. The van der Waals surface area contributed by atoms with Gasteiger partial charge in [-0.1, -0.05) is 12.1 Å². The fraction of sp³-hybridized carbons (Fsp3) is 0.500. The highest BCUT2D eigenvalue weighted by molar-refractivity contribution is 5.28. The maximum Gasteiger partial charge on any atom is 0.573 e. The van der Waals surface area contributed by atoms with Crippen LogP contribution in [0.2, 0.25) is 0 Å². The van der Waals surface area contributed by atoms with E-state index < -0.39 is 6.36 Å². The van der Waals surface area contributed by atoms with Crippen molar-refractivity contribution in [3.63, 3.8) is 0 Å². The van der Waals surface area contributed by atoms with Gasteiger partial charge in [-0.3, -0.25) is 0 Å². The number of rotatable bonds is 7. The van der Waals surface area contributed by atoms with Crippen molar-refractivity contribution < 1.29 is 22.6 Å². The number of hydrogen-bond donors (Lipinski definition) is 1. The van der Waals surface area contributed by atoms with Gasteiger partial charge < -0.3 is 14.8 Å². The van der Waals surface area contributed by atoms with Crippen LogP contribution in [0, 0.1) is 0 Å². The fourth-order valence-corrected chi connectivity index (χ4v) is 1.37. The lowest BCUT2D eigenvalue weighted by atomic mass is 10.2. The molecule has 3 nitrogen and oxygen atoms in total. The Morgan fingerprint density at radius 2 is 2.06 bits per heavy atom. The van der Waals surface area contributed by atoms with Crippen LogP contribution in [0.3, 0.4) is 0 Å². The Bertz CT molecular complexity index is 355. The number of alkyl halides is 3. The van der Waals surface area contributed by atoms with E-state index in [1.165, 1.54) is 18.2 Å². The van der Waals surface area contributed by atoms with Gasteiger partial charge in [-0.25, -0.2) is 0 Å². The molecule has 1 aromatic rings. The summed E-state index contributed by atoms with van der Waals surface area (Å²) in [7, 11) is 0. The molecule has 1 rings (SSSR count). The van der Waals surface area contributed by atoms with Gasteiger partial charge in [0.15, 0.2) is 0 Å². The molecule has 0 atom stereocenters. The highest BCUT2D eigenvalue weighted by Gasteiger charge is 2.31. The molecule has 0 radical (unpaired) electrons. The molecule has 0 aliphatic heterocycles. The Balaban J connectivity index is 2.40. The largest absolute Gasteiger partial charge is 0.573 e. The number of hydrogen-bond acceptors (Lipinski definition) is 3. The first-order valence-electron chi connectivity index (χ1n) is 5.64. The zero-order valence-corrected chi connectivity index (χ0v) is 10.1. The average molecular weight is 263 g/mol. The monoisotopic (exact) mass is 263 g/mol. The Morgan fingerprint density at radius 1 is 1.28 bits per heavy atom. The molecule has 0 amide bonds. The Hall–Kier alpha value is -1.27. The summed E-state index contributed by atoms with van der Waals surface area (Å²) in [6, 6.07) is 5.90. The predicted octanol–water partition coefficient (Wildman–Crippen LogP) is 2.71. The average Bonchev–Trinajstić information content (AvgIpc) is 2.27. The standard InChI is InChI=1S/C12H16F3NO2/c1-2-17-7-6-16-9-10-4-3-5-11(8-10)18-12(13,14)15/h3-5,8,16H,2,6-7,9H2,1H3. The maximum atomic E-state index is 12.0. The van der Waals surface area contributed by atoms with E-state index in [1.54, 1.807) is 6.07 Å². The summed E-state index contributed by atoms with van der Waals surface area (Å²) in [5.41, 5.74) is 0.730. The molecule has 0 aliphatic rings. The molecular weight excluding hydrogens is 247 g/mol. The lowest BCUT2D eigenvalue weighted by Crippen LogP contribution is -2.20. The van der Waals surface area contributed by atoms with Crippen molar-refractivity contribution in [1.82, 2.24) is 5.32 Å². The van der Waals surface area contributed by atoms with E-state index in [0.29, 0.717) is 26.3 Å². The van der Waals surface area contributed by atoms with Crippen molar-refractivity contribution in [2.75, 3.05) is 19.8 Å². The molecule has 0 saturated carbocycles. The van der Waals surface area contributed by atoms with Crippen LogP contribution in [-0.4, -0.2) is 26.1 Å². The fourth-order valence-electron chi connectivity index (χ4n) is 1.37. The summed E-state index contributed by atoms with van der Waals surface area (Å²) in [5, 5.41) is 3.06. The highest BCUT2D eigenvalue weighted by Crippen LogP contribution is 2.23. The van der Waals surface area contributed by atoms with E-state index in [1.807, 2.05) is 6.92 Å². The number of nitrogens with one attached hydrogen (secondary N) is 1. The third-order valence-electron chi connectivity index (χ3n) is 2.09. The molecular formula is C12H16F3NO2. The van der Waals surface area contributed by atoms with Crippen molar-refractivity contribution in [2.45, 2.75) is 19.8 Å². The Kier molecular flexibility index (Phi) is 5.94. The quantitative estimate of drug-likeness (QED) is 0.767. The van der Waals surface area contributed by atoms with Crippen molar-refractivity contribution in [1.29, 1.82) is 0 Å². The molecule has 0 aliphatic carbocycles. The van der Waals surface area contributed by atoms with Crippen molar-refractivity contribution in [3.05, 3.63) is 29.8 Å². The van der Waals surface area contributed by atoms with Crippen molar-refractivity contribution >= 4 is 0 Å². The molecule has 0 spiro atoms. The lowest BCUT2D eigenvalue weighted by molar-refractivity contribution is -0.274. The van der Waals surface area contributed by atoms with Crippen molar-refractivity contribution in [3.8, 4) is 5.75 Å². The van der Waals surface area contributed by atoms with E-state index in [-0.39, 0.29) is 5.75 Å². The van der Waals surface area contributed by atoms with Gasteiger partial charge >= 0.3 is 6.36 Å². The molecule has 6 heteroatoms. The Morgan fingerprint density at radius 3 is 2.72 bits per heavy atom. The summed E-state index contributed by atoms with van der Waals surface area (Å²) < 4.78 is 45.0. The van der Waals surface area contributed by atoms with Gasteiger partial charge in [0.2, 0.25) is 0 Å². The van der Waals surface area contributed by atoms with Gasteiger partial charge in [0.05, 0.1) is 6.61 Å². The van der Waals surface area contributed by atoms with Crippen LogP contribution in [0.25, 0.3) is 0 Å². The van der Waals surface area contributed by atoms with Crippen LogP contribution in [0.15, 0.2) is 24.3 Å². The SMILES string of the molecule is CCOCCNCc1cccc(OC(F)(F)F)c1. The third-order valence-corrected chi connectivity index (χ3v) is 2.09. The van der Waals surface area contributed by atoms with Crippen LogP contribution >= 0.6 is 0 Å². The minimum absolute atomic E-state index is 0.202. The van der Waals surface area contributed by atoms with E-state index in [2.05, 4.69) is 10.1 Å². The zero-order chi connectivity index (χ0) is 13.4. The molecule has 18 heavy (non-hydrogen) atoms. The van der Waals surface area contributed by atoms with Crippen LogP contribution < -0.4 is 10.1 Å². The summed E-state index contributed by atoms with van der Waals surface area (Å²) in [4.78, 5) is 0. The van der Waals surface area contributed by atoms with E-state index in [9.17, 15) is 13.2 Å². The first kappa shape index (κ1) is 14.8. The van der Waals surface area contributed by atoms with Gasteiger partial charge in [-0.2, -0.15) is 0 Å². The molecule has 1 N–H and O–H groups in total. The van der Waals surface area contributed by atoms with Crippen LogP contribution in [0.5, 0.6) is 5.75 Å². The first-order chi connectivity index (χ1) is 8.51. The van der Waals surface area contributed by atoms with Gasteiger partial charge in [0, 0.05) is 19.7 Å². The van der Waals surface area contributed by atoms with Crippen molar-refractivity contribution in [2.24, 2.45) is 0 Å².